The number of nitrogens with zero attached hydrogens (tertiary/aromatic N) is 1. The first-order valence-electron chi connectivity index (χ1n) is 8.52. The predicted octanol–water partition coefficient (Wildman–Crippen LogP) is 2.49. The molecule has 25 heavy (non-hydrogen) atoms. The number of ether oxygens (including phenoxy) is 2. The Morgan fingerprint density at radius 1 is 0.960 bits per heavy atom. The van der Waals surface area contributed by atoms with Gasteiger partial charge in [-0.1, -0.05) is 24.3 Å². The molecule has 0 unspecified atom stereocenters. The zero-order valence-electron chi connectivity index (χ0n) is 14.3. The van der Waals surface area contributed by atoms with Crippen molar-refractivity contribution in [2.45, 2.75) is 12.8 Å². The first-order valence-corrected chi connectivity index (χ1v) is 8.52. The number of pyridine rings is 1. The van der Waals surface area contributed by atoms with Crippen LogP contribution >= 0.6 is 0 Å². The SMILES string of the molecule is O=C(COCCOc1ccccc1)NCCCCNc1ccccn1. The number of aromatic nitrogens is 1. The van der Waals surface area contributed by atoms with Gasteiger partial charge in [0, 0.05) is 19.3 Å². The van der Waals surface area contributed by atoms with E-state index < -0.39 is 0 Å². The monoisotopic (exact) mass is 343 g/mol. The van der Waals surface area contributed by atoms with Crippen molar-refractivity contribution in [2.75, 3.05) is 38.2 Å². The van der Waals surface area contributed by atoms with E-state index in [1.54, 1.807) is 6.20 Å². The van der Waals surface area contributed by atoms with E-state index in [1.165, 1.54) is 0 Å². The van der Waals surface area contributed by atoms with Crippen LogP contribution in [0.15, 0.2) is 54.7 Å². The molecule has 1 aromatic heterocycles. The summed E-state index contributed by atoms with van der Waals surface area (Å²) >= 11 is 0. The van der Waals surface area contributed by atoms with Gasteiger partial charge in [-0.05, 0) is 37.1 Å². The summed E-state index contributed by atoms with van der Waals surface area (Å²) in [4.78, 5) is 15.8. The summed E-state index contributed by atoms with van der Waals surface area (Å²) in [6.45, 7) is 2.35. The van der Waals surface area contributed by atoms with E-state index in [0.717, 1.165) is 31.0 Å². The molecule has 0 fully saturated rings. The highest BCUT2D eigenvalue weighted by molar-refractivity contribution is 5.77. The molecule has 6 nitrogen and oxygen atoms in total. The fraction of sp³-hybridized carbons (Fsp3) is 0.368. The molecule has 2 aromatic rings. The van der Waals surface area contributed by atoms with Crippen LogP contribution in [0.25, 0.3) is 0 Å². The third-order valence-corrected chi connectivity index (χ3v) is 3.37. The van der Waals surface area contributed by atoms with E-state index in [2.05, 4.69) is 15.6 Å². The molecule has 2 N–H and O–H groups in total. The fourth-order valence-corrected chi connectivity index (χ4v) is 2.11. The second-order valence-corrected chi connectivity index (χ2v) is 5.41. The molecule has 1 aromatic carbocycles. The van der Waals surface area contributed by atoms with E-state index >= 15 is 0 Å². The lowest BCUT2D eigenvalue weighted by Gasteiger charge is -2.08. The minimum absolute atomic E-state index is 0.0599. The first kappa shape index (κ1) is 18.7. The van der Waals surface area contributed by atoms with E-state index in [9.17, 15) is 4.79 Å². The van der Waals surface area contributed by atoms with Crippen LogP contribution in [0, 0.1) is 0 Å². The van der Waals surface area contributed by atoms with E-state index in [4.69, 9.17) is 9.47 Å². The Hall–Kier alpha value is -2.60. The van der Waals surface area contributed by atoms with Crippen LogP contribution in [0.4, 0.5) is 5.82 Å². The van der Waals surface area contributed by atoms with Crippen LogP contribution in [0.3, 0.4) is 0 Å². The number of unbranched alkanes of at least 4 members (excludes halogenated alkanes) is 1. The van der Waals surface area contributed by atoms with Gasteiger partial charge in [0.2, 0.25) is 5.91 Å². The van der Waals surface area contributed by atoms with Crippen molar-refractivity contribution in [1.82, 2.24) is 10.3 Å². The standard InChI is InChI=1S/C19H25N3O3/c23-19(16-24-14-15-25-17-8-2-1-3-9-17)22-13-7-6-12-21-18-10-4-5-11-20-18/h1-5,8-11H,6-7,12-16H2,(H,20,21)(H,22,23). The molecule has 2 rings (SSSR count). The predicted molar refractivity (Wildman–Crippen MR) is 97.7 cm³/mol. The average Bonchev–Trinajstić information content (AvgIpc) is 2.66. The van der Waals surface area contributed by atoms with Gasteiger partial charge in [0.1, 0.15) is 24.8 Å². The van der Waals surface area contributed by atoms with E-state index in [0.29, 0.717) is 19.8 Å². The quantitative estimate of drug-likeness (QED) is 0.579. The number of hydrogen-bond acceptors (Lipinski definition) is 5. The zero-order valence-corrected chi connectivity index (χ0v) is 14.3. The van der Waals surface area contributed by atoms with E-state index in [-0.39, 0.29) is 12.5 Å². The first-order chi connectivity index (χ1) is 12.3. The van der Waals surface area contributed by atoms with Gasteiger partial charge >= 0.3 is 0 Å². The molecule has 0 aliphatic rings. The smallest absolute Gasteiger partial charge is 0.246 e. The third kappa shape index (κ3) is 8.72. The topological polar surface area (TPSA) is 72.5 Å². The Balaban J connectivity index is 1.39. The Labute approximate surface area is 148 Å². The molecule has 0 bridgehead atoms. The number of para-hydroxylation sites is 1. The molecular formula is C19H25N3O3. The van der Waals surface area contributed by atoms with Crippen LogP contribution in [-0.2, 0) is 9.53 Å². The van der Waals surface area contributed by atoms with Crippen molar-refractivity contribution in [2.24, 2.45) is 0 Å². The van der Waals surface area contributed by atoms with Crippen LogP contribution in [-0.4, -0.2) is 43.8 Å². The fourth-order valence-electron chi connectivity index (χ4n) is 2.11. The molecule has 0 spiro atoms. The molecule has 0 saturated carbocycles. The number of carbonyl (C=O) groups excluding carboxylic acids is 1. The van der Waals surface area contributed by atoms with Crippen LogP contribution < -0.4 is 15.4 Å². The normalized spacial score (nSPS) is 10.2. The summed E-state index contributed by atoms with van der Waals surface area (Å²) in [6, 6.07) is 15.3. The van der Waals surface area contributed by atoms with Crippen molar-refractivity contribution >= 4 is 11.7 Å². The summed E-state index contributed by atoms with van der Waals surface area (Å²) in [7, 11) is 0. The highest BCUT2D eigenvalue weighted by atomic mass is 16.5. The van der Waals surface area contributed by atoms with Crippen molar-refractivity contribution in [3.8, 4) is 5.75 Å². The summed E-state index contributed by atoms with van der Waals surface area (Å²) < 4.78 is 10.8. The van der Waals surface area contributed by atoms with Gasteiger partial charge in [-0.15, -0.1) is 0 Å². The maximum atomic E-state index is 11.6. The zero-order chi connectivity index (χ0) is 17.6. The molecule has 0 saturated heterocycles. The second-order valence-electron chi connectivity index (χ2n) is 5.41. The van der Waals surface area contributed by atoms with Gasteiger partial charge in [-0.2, -0.15) is 0 Å². The Kier molecular flexibility index (Phi) is 8.89. The molecule has 1 amide bonds. The molecule has 0 radical (unpaired) electrons. The van der Waals surface area contributed by atoms with Gasteiger partial charge in [0.25, 0.3) is 0 Å². The molecule has 0 aliphatic heterocycles. The number of carbonyl (C=O) groups is 1. The summed E-state index contributed by atoms with van der Waals surface area (Å²) in [5.74, 6) is 1.57. The molecule has 6 heteroatoms. The van der Waals surface area contributed by atoms with Crippen molar-refractivity contribution in [3.63, 3.8) is 0 Å². The number of nitrogens with one attached hydrogen (secondary N) is 2. The molecule has 134 valence electrons. The maximum absolute atomic E-state index is 11.6. The van der Waals surface area contributed by atoms with E-state index in [1.807, 2.05) is 48.5 Å². The highest BCUT2D eigenvalue weighted by Gasteiger charge is 2.01. The minimum atomic E-state index is -0.0996. The third-order valence-electron chi connectivity index (χ3n) is 3.37. The highest BCUT2D eigenvalue weighted by Crippen LogP contribution is 2.07. The van der Waals surface area contributed by atoms with Crippen LogP contribution in [0.2, 0.25) is 0 Å². The van der Waals surface area contributed by atoms with Gasteiger partial charge < -0.3 is 20.1 Å². The lowest BCUT2D eigenvalue weighted by molar-refractivity contribution is -0.125. The Bertz CT molecular complexity index is 593. The van der Waals surface area contributed by atoms with Gasteiger partial charge in [0.05, 0.1) is 6.61 Å². The molecule has 0 aliphatic carbocycles. The van der Waals surface area contributed by atoms with Crippen molar-refractivity contribution in [1.29, 1.82) is 0 Å². The summed E-state index contributed by atoms with van der Waals surface area (Å²) in [5, 5.41) is 6.07. The number of hydrogen-bond donors (Lipinski definition) is 2. The number of benzene rings is 1. The minimum Gasteiger partial charge on any atom is -0.491 e. The average molecular weight is 343 g/mol. The maximum Gasteiger partial charge on any atom is 0.246 e. The van der Waals surface area contributed by atoms with Gasteiger partial charge in [0.15, 0.2) is 0 Å². The molecule has 0 atom stereocenters. The lowest BCUT2D eigenvalue weighted by Crippen LogP contribution is -2.29. The van der Waals surface area contributed by atoms with Crippen molar-refractivity contribution in [3.05, 3.63) is 54.7 Å². The number of amides is 1. The van der Waals surface area contributed by atoms with Gasteiger partial charge in [-0.25, -0.2) is 4.98 Å². The van der Waals surface area contributed by atoms with Crippen LogP contribution in [0.5, 0.6) is 5.75 Å². The largest absolute Gasteiger partial charge is 0.491 e. The van der Waals surface area contributed by atoms with Crippen LogP contribution in [0.1, 0.15) is 12.8 Å². The van der Waals surface area contributed by atoms with Gasteiger partial charge in [-0.3, -0.25) is 4.79 Å². The summed E-state index contributed by atoms with van der Waals surface area (Å²) in [5.41, 5.74) is 0. The lowest BCUT2D eigenvalue weighted by atomic mass is 10.3. The molecular weight excluding hydrogens is 318 g/mol. The Morgan fingerprint density at radius 3 is 2.56 bits per heavy atom. The van der Waals surface area contributed by atoms with Crippen molar-refractivity contribution < 1.29 is 14.3 Å². The number of anilines is 1. The number of rotatable bonds is 12. The Morgan fingerprint density at radius 2 is 1.76 bits per heavy atom. The molecule has 1 heterocycles. The second kappa shape index (κ2) is 11.9. The summed E-state index contributed by atoms with van der Waals surface area (Å²) in [6.07, 6.45) is 3.62.